The van der Waals surface area contributed by atoms with Crippen LogP contribution < -0.4 is 15.2 Å². The van der Waals surface area contributed by atoms with Gasteiger partial charge in [-0.15, -0.1) is 0 Å². The Labute approximate surface area is 108 Å². The number of rotatable bonds is 4. The lowest BCUT2D eigenvalue weighted by Gasteiger charge is -2.30. The molecule has 0 saturated heterocycles. The monoisotopic (exact) mass is 251 g/mol. The third kappa shape index (κ3) is 2.72. The van der Waals surface area contributed by atoms with Gasteiger partial charge in [-0.3, -0.25) is 0 Å². The van der Waals surface area contributed by atoms with Gasteiger partial charge in [0.1, 0.15) is 12.4 Å². The Morgan fingerprint density at radius 1 is 1.28 bits per heavy atom. The molecule has 2 atom stereocenters. The summed E-state index contributed by atoms with van der Waals surface area (Å²) in [5.41, 5.74) is 6.65. The number of hydrogen-bond acceptors (Lipinski definition) is 5. The van der Waals surface area contributed by atoms with E-state index in [0.717, 1.165) is 18.4 Å². The molecule has 0 aliphatic heterocycles. The first-order valence-electron chi connectivity index (χ1n) is 6.48. The average Bonchev–Trinajstić information content (AvgIpc) is 2.42. The van der Waals surface area contributed by atoms with Crippen molar-refractivity contribution < 1.29 is 9.47 Å². The van der Waals surface area contributed by atoms with Gasteiger partial charge in [-0.05, 0) is 32.7 Å². The molecule has 1 fully saturated rings. The molecule has 1 heterocycles. The van der Waals surface area contributed by atoms with Crippen LogP contribution in [0.1, 0.15) is 31.2 Å². The van der Waals surface area contributed by atoms with Crippen molar-refractivity contribution in [2.24, 2.45) is 11.7 Å². The van der Waals surface area contributed by atoms with Crippen LogP contribution in [0, 0.1) is 12.8 Å². The Bertz CT molecular complexity index is 398. The van der Waals surface area contributed by atoms with Gasteiger partial charge in [0.2, 0.25) is 11.8 Å². The number of methoxy groups -OCH3 is 1. The van der Waals surface area contributed by atoms with Gasteiger partial charge in [-0.25, -0.2) is 9.97 Å². The van der Waals surface area contributed by atoms with Crippen molar-refractivity contribution in [3.8, 4) is 11.8 Å². The molecule has 100 valence electrons. The quantitative estimate of drug-likeness (QED) is 0.881. The van der Waals surface area contributed by atoms with Crippen molar-refractivity contribution in [1.29, 1.82) is 0 Å². The fraction of sp³-hybridized carbons (Fsp3) is 0.692. The van der Waals surface area contributed by atoms with Crippen LogP contribution in [0.25, 0.3) is 0 Å². The predicted molar refractivity (Wildman–Crippen MR) is 68.7 cm³/mol. The van der Waals surface area contributed by atoms with Gasteiger partial charge in [0, 0.05) is 5.92 Å². The van der Waals surface area contributed by atoms with E-state index in [1.165, 1.54) is 19.2 Å². The van der Waals surface area contributed by atoms with Crippen LogP contribution in [-0.2, 0) is 0 Å². The second-order valence-electron chi connectivity index (χ2n) is 4.75. The zero-order valence-corrected chi connectivity index (χ0v) is 11.1. The summed E-state index contributed by atoms with van der Waals surface area (Å²) < 4.78 is 11.2. The minimum atomic E-state index is 0.169. The molecule has 0 radical (unpaired) electrons. The lowest BCUT2D eigenvalue weighted by atomic mass is 9.86. The summed E-state index contributed by atoms with van der Waals surface area (Å²) in [6.45, 7) is 2.58. The lowest BCUT2D eigenvalue weighted by Crippen LogP contribution is -2.35. The summed E-state index contributed by atoms with van der Waals surface area (Å²) in [6.07, 6.45) is 6.27. The van der Waals surface area contributed by atoms with Crippen LogP contribution in [0.2, 0.25) is 0 Å². The molecule has 1 aliphatic rings. The highest BCUT2D eigenvalue weighted by Crippen LogP contribution is 2.30. The summed E-state index contributed by atoms with van der Waals surface area (Å²) in [7, 11) is 1.60. The maximum atomic E-state index is 6.02. The van der Waals surface area contributed by atoms with E-state index in [2.05, 4.69) is 9.97 Å². The van der Waals surface area contributed by atoms with Gasteiger partial charge >= 0.3 is 0 Å². The fourth-order valence-electron chi connectivity index (χ4n) is 2.49. The van der Waals surface area contributed by atoms with Gasteiger partial charge in [0.25, 0.3) is 0 Å². The zero-order chi connectivity index (χ0) is 13.0. The van der Waals surface area contributed by atoms with Gasteiger partial charge < -0.3 is 15.2 Å². The van der Waals surface area contributed by atoms with Crippen LogP contribution in [0.4, 0.5) is 0 Å². The number of hydrogen-bond donors (Lipinski definition) is 1. The van der Waals surface area contributed by atoms with Crippen LogP contribution in [0.5, 0.6) is 11.8 Å². The van der Waals surface area contributed by atoms with Crippen LogP contribution >= 0.6 is 0 Å². The minimum absolute atomic E-state index is 0.169. The molecule has 1 aliphatic carbocycles. The molecule has 0 amide bonds. The van der Waals surface area contributed by atoms with E-state index in [-0.39, 0.29) is 6.10 Å². The highest BCUT2D eigenvalue weighted by atomic mass is 16.5. The van der Waals surface area contributed by atoms with Crippen molar-refractivity contribution in [3.05, 3.63) is 11.9 Å². The van der Waals surface area contributed by atoms with Crippen molar-refractivity contribution in [3.63, 3.8) is 0 Å². The molecule has 0 spiro atoms. The largest absolute Gasteiger partial charge is 0.481 e. The van der Waals surface area contributed by atoms with Gasteiger partial charge in [0.05, 0.1) is 12.7 Å². The fourth-order valence-corrected chi connectivity index (χ4v) is 2.49. The van der Waals surface area contributed by atoms with E-state index in [1.807, 2.05) is 6.92 Å². The summed E-state index contributed by atoms with van der Waals surface area (Å²) in [4.78, 5) is 8.25. The summed E-state index contributed by atoms with van der Waals surface area (Å²) in [6, 6.07) is 0. The van der Waals surface area contributed by atoms with E-state index < -0.39 is 0 Å². The second-order valence-corrected chi connectivity index (χ2v) is 4.75. The smallest absolute Gasteiger partial charge is 0.223 e. The number of nitrogens with two attached hydrogens (primary N) is 1. The van der Waals surface area contributed by atoms with Crippen molar-refractivity contribution in [2.45, 2.75) is 38.7 Å². The molecule has 2 rings (SSSR count). The van der Waals surface area contributed by atoms with Crippen LogP contribution in [0.3, 0.4) is 0 Å². The van der Waals surface area contributed by atoms with Crippen molar-refractivity contribution in [2.75, 3.05) is 13.7 Å². The Morgan fingerprint density at radius 3 is 2.72 bits per heavy atom. The van der Waals surface area contributed by atoms with Crippen LogP contribution in [-0.4, -0.2) is 29.7 Å². The first-order valence-corrected chi connectivity index (χ1v) is 6.48. The first kappa shape index (κ1) is 13.1. The molecule has 2 unspecified atom stereocenters. The highest BCUT2D eigenvalue weighted by Gasteiger charge is 2.26. The molecular weight excluding hydrogens is 230 g/mol. The van der Waals surface area contributed by atoms with E-state index in [4.69, 9.17) is 15.2 Å². The molecule has 0 aromatic carbocycles. The minimum Gasteiger partial charge on any atom is -0.481 e. The van der Waals surface area contributed by atoms with Crippen LogP contribution in [0.15, 0.2) is 6.33 Å². The topological polar surface area (TPSA) is 70.3 Å². The standard InChI is InChI=1S/C13H21N3O2/c1-9-12(17-2)15-8-16-13(9)18-11-6-4-3-5-10(11)7-14/h8,10-11H,3-7,14H2,1-2H3. The second kappa shape index (κ2) is 6.00. The Hall–Kier alpha value is -1.36. The van der Waals surface area contributed by atoms with Gasteiger partial charge in [-0.1, -0.05) is 6.42 Å². The summed E-state index contributed by atoms with van der Waals surface area (Å²) in [5.74, 6) is 1.62. The number of nitrogens with zero attached hydrogens (tertiary/aromatic N) is 2. The molecule has 1 aromatic heterocycles. The van der Waals surface area contributed by atoms with Gasteiger partial charge in [-0.2, -0.15) is 0 Å². The molecule has 0 bridgehead atoms. The summed E-state index contributed by atoms with van der Waals surface area (Å²) in [5, 5.41) is 0. The molecule has 5 nitrogen and oxygen atoms in total. The third-order valence-corrected chi connectivity index (χ3v) is 3.59. The summed E-state index contributed by atoms with van der Waals surface area (Å²) >= 11 is 0. The van der Waals surface area contributed by atoms with Crippen molar-refractivity contribution >= 4 is 0 Å². The Morgan fingerprint density at radius 2 is 2.00 bits per heavy atom. The molecule has 1 aromatic rings. The van der Waals surface area contributed by atoms with Crippen molar-refractivity contribution in [1.82, 2.24) is 9.97 Å². The first-order chi connectivity index (χ1) is 8.76. The SMILES string of the molecule is COc1ncnc(OC2CCCCC2CN)c1C. The van der Waals surface area contributed by atoms with E-state index in [9.17, 15) is 0 Å². The molecular formula is C13H21N3O2. The Balaban J connectivity index is 2.12. The van der Waals surface area contributed by atoms with E-state index >= 15 is 0 Å². The maximum Gasteiger partial charge on any atom is 0.223 e. The Kier molecular flexibility index (Phi) is 4.36. The third-order valence-electron chi connectivity index (χ3n) is 3.59. The molecule has 1 saturated carbocycles. The predicted octanol–water partition coefficient (Wildman–Crippen LogP) is 1.69. The molecule has 5 heteroatoms. The maximum absolute atomic E-state index is 6.02. The van der Waals surface area contributed by atoms with E-state index in [0.29, 0.717) is 24.2 Å². The molecule has 18 heavy (non-hydrogen) atoms. The average molecular weight is 251 g/mol. The van der Waals surface area contributed by atoms with Gasteiger partial charge in [0.15, 0.2) is 0 Å². The lowest BCUT2D eigenvalue weighted by molar-refractivity contribution is 0.0909. The number of aromatic nitrogens is 2. The molecule has 2 N–H and O–H groups in total. The zero-order valence-electron chi connectivity index (χ0n) is 11.1. The van der Waals surface area contributed by atoms with E-state index in [1.54, 1.807) is 7.11 Å². The highest BCUT2D eigenvalue weighted by molar-refractivity contribution is 5.32. The normalized spacial score (nSPS) is 23.7. The number of ether oxygens (including phenoxy) is 2.